The van der Waals surface area contributed by atoms with Crippen LogP contribution in [0.25, 0.3) is 0 Å². The third-order valence-electron chi connectivity index (χ3n) is 2.61. The number of ether oxygens (including phenoxy) is 1. The summed E-state index contributed by atoms with van der Waals surface area (Å²) in [6.07, 6.45) is 0.604. The molecule has 0 aromatic heterocycles. The number of aldehydes is 1. The molecule has 0 radical (unpaired) electrons. The lowest BCUT2D eigenvalue weighted by Crippen LogP contribution is -1.98. The summed E-state index contributed by atoms with van der Waals surface area (Å²) in [5, 5.41) is 0. The van der Waals surface area contributed by atoms with Crippen LogP contribution in [0.5, 0.6) is 5.75 Å². The fourth-order valence-corrected chi connectivity index (χ4v) is 1.55. The molecule has 0 aliphatic rings. The van der Waals surface area contributed by atoms with Crippen molar-refractivity contribution in [3.05, 3.63) is 65.0 Å². The van der Waals surface area contributed by atoms with Gasteiger partial charge in [-0.3, -0.25) is 4.79 Å². The maximum atomic E-state index is 13.5. The third kappa shape index (κ3) is 2.94. The second kappa shape index (κ2) is 5.45. The van der Waals surface area contributed by atoms with Crippen LogP contribution < -0.4 is 4.74 Å². The molecule has 0 spiro atoms. The van der Waals surface area contributed by atoms with E-state index in [1.807, 2.05) is 31.2 Å². The topological polar surface area (TPSA) is 26.3 Å². The van der Waals surface area contributed by atoms with Crippen LogP contribution in [0.1, 0.15) is 21.5 Å². The highest BCUT2D eigenvalue weighted by Crippen LogP contribution is 2.19. The minimum Gasteiger partial charge on any atom is -0.486 e. The normalized spacial score (nSPS) is 10.1. The number of hydrogen-bond donors (Lipinski definition) is 0. The SMILES string of the molecule is Cc1ccc(COc2ccc(C=O)cc2F)cc1. The summed E-state index contributed by atoms with van der Waals surface area (Å²) in [7, 11) is 0. The summed E-state index contributed by atoms with van der Waals surface area (Å²) in [4.78, 5) is 10.5. The molecule has 0 saturated heterocycles. The molecule has 0 aliphatic heterocycles. The monoisotopic (exact) mass is 244 g/mol. The molecule has 2 nitrogen and oxygen atoms in total. The number of halogens is 1. The van der Waals surface area contributed by atoms with Gasteiger partial charge in [0.1, 0.15) is 12.9 Å². The predicted octanol–water partition coefficient (Wildman–Crippen LogP) is 3.53. The Labute approximate surface area is 105 Å². The Balaban J connectivity index is 2.06. The molecule has 0 bridgehead atoms. The van der Waals surface area contributed by atoms with Gasteiger partial charge in [0.15, 0.2) is 11.6 Å². The van der Waals surface area contributed by atoms with E-state index in [4.69, 9.17) is 4.74 Å². The first-order valence-corrected chi connectivity index (χ1v) is 5.62. The van der Waals surface area contributed by atoms with E-state index in [-0.39, 0.29) is 5.75 Å². The van der Waals surface area contributed by atoms with Gasteiger partial charge in [0.25, 0.3) is 0 Å². The highest BCUT2D eigenvalue weighted by Gasteiger charge is 2.04. The fraction of sp³-hybridized carbons (Fsp3) is 0.133. The van der Waals surface area contributed by atoms with Crippen LogP contribution in [-0.4, -0.2) is 6.29 Å². The predicted molar refractivity (Wildman–Crippen MR) is 67.3 cm³/mol. The average molecular weight is 244 g/mol. The van der Waals surface area contributed by atoms with Crippen molar-refractivity contribution in [1.82, 2.24) is 0 Å². The number of carbonyl (C=O) groups excluding carboxylic acids is 1. The van der Waals surface area contributed by atoms with Crippen LogP contribution in [0.15, 0.2) is 42.5 Å². The Morgan fingerprint density at radius 1 is 1.17 bits per heavy atom. The highest BCUT2D eigenvalue weighted by atomic mass is 19.1. The molecule has 0 amide bonds. The van der Waals surface area contributed by atoms with Gasteiger partial charge in [-0.15, -0.1) is 0 Å². The summed E-state index contributed by atoms with van der Waals surface area (Å²) in [6.45, 7) is 2.31. The van der Waals surface area contributed by atoms with Crippen LogP contribution in [0.4, 0.5) is 4.39 Å². The number of hydrogen-bond acceptors (Lipinski definition) is 2. The Morgan fingerprint density at radius 3 is 2.50 bits per heavy atom. The van der Waals surface area contributed by atoms with E-state index in [0.29, 0.717) is 18.5 Å². The molecule has 0 heterocycles. The number of benzene rings is 2. The van der Waals surface area contributed by atoms with E-state index < -0.39 is 5.82 Å². The smallest absolute Gasteiger partial charge is 0.165 e. The number of rotatable bonds is 4. The minimum atomic E-state index is -0.522. The van der Waals surface area contributed by atoms with Gasteiger partial charge < -0.3 is 4.74 Å². The largest absolute Gasteiger partial charge is 0.486 e. The Bertz CT molecular complexity index is 547. The van der Waals surface area contributed by atoms with Crippen molar-refractivity contribution < 1.29 is 13.9 Å². The van der Waals surface area contributed by atoms with Gasteiger partial charge in [-0.05, 0) is 30.7 Å². The van der Waals surface area contributed by atoms with Crippen molar-refractivity contribution in [2.24, 2.45) is 0 Å². The summed E-state index contributed by atoms with van der Waals surface area (Å²) >= 11 is 0. The molecular formula is C15H13FO2. The maximum Gasteiger partial charge on any atom is 0.165 e. The van der Waals surface area contributed by atoms with E-state index in [0.717, 1.165) is 11.6 Å². The van der Waals surface area contributed by atoms with Gasteiger partial charge in [0, 0.05) is 5.56 Å². The molecule has 0 fully saturated rings. The molecule has 0 aliphatic carbocycles. The van der Waals surface area contributed by atoms with Crippen LogP contribution in [0, 0.1) is 12.7 Å². The van der Waals surface area contributed by atoms with Gasteiger partial charge in [-0.25, -0.2) is 4.39 Å². The van der Waals surface area contributed by atoms with Gasteiger partial charge >= 0.3 is 0 Å². The lowest BCUT2D eigenvalue weighted by atomic mass is 10.2. The number of aryl methyl sites for hydroxylation is 1. The molecule has 92 valence electrons. The zero-order valence-electron chi connectivity index (χ0n) is 10.0. The van der Waals surface area contributed by atoms with Crippen molar-refractivity contribution in [3.63, 3.8) is 0 Å². The second-order valence-corrected chi connectivity index (χ2v) is 4.08. The molecule has 3 heteroatoms. The molecule has 0 unspecified atom stereocenters. The van der Waals surface area contributed by atoms with Crippen molar-refractivity contribution in [1.29, 1.82) is 0 Å². The summed E-state index contributed by atoms with van der Waals surface area (Å²) < 4.78 is 18.9. The van der Waals surface area contributed by atoms with Crippen LogP contribution >= 0.6 is 0 Å². The minimum absolute atomic E-state index is 0.154. The average Bonchev–Trinajstić information content (AvgIpc) is 2.39. The first-order chi connectivity index (χ1) is 8.69. The molecule has 0 atom stereocenters. The molecule has 2 aromatic carbocycles. The van der Waals surface area contributed by atoms with Crippen molar-refractivity contribution >= 4 is 6.29 Å². The first kappa shape index (κ1) is 12.3. The van der Waals surface area contributed by atoms with E-state index >= 15 is 0 Å². The molecular weight excluding hydrogens is 231 g/mol. The maximum absolute atomic E-state index is 13.5. The molecule has 2 rings (SSSR count). The molecule has 2 aromatic rings. The Hall–Kier alpha value is -2.16. The standard InChI is InChI=1S/C15H13FO2/c1-11-2-4-12(5-3-11)10-18-15-7-6-13(9-17)8-14(15)16/h2-9H,10H2,1H3. The van der Waals surface area contributed by atoms with Crippen LogP contribution in [-0.2, 0) is 6.61 Å². The van der Waals surface area contributed by atoms with E-state index in [1.165, 1.54) is 17.7 Å². The Morgan fingerprint density at radius 2 is 1.89 bits per heavy atom. The lowest BCUT2D eigenvalue weighted by Gasteiger charge is -2.07. The number of carbonyl (C=O) groups is 1. The van der Waals surface area contributed by atoms with Gasteiger partial charge in [0.05, 0.1) is 0 Å². The first-order valence-electron chi connectivity index (χ1n) is 5.62. The second-order valence-electron chi connectivity index (χ2n) is 4.08. The van der Waals surface area contributed by atoms with E-state index in [2.05, 4.69) is 0 Å². The van der Waals surface area contributed by atoms with Gasteiger partial charge in [0.2, 0.25) is 0 Å². The third-order valence-corrected chi connectivity index (χ3v) is 2.61. The zero-order chi connectivity index (χ0) is 13.0. The highest BCUT2D eigenvalue weighted by molar-refractivity contribution is 5.74. The summed E-state index contributed by atoms with van der Waals surface area (Å²) in [6, 6.07) is 12.0. The van der Waals surface area contributed by atoms with Crippen LogP contribution in [0.3, 0.4) is 0 Å². The summed E-state index contributed by atoms with van der Waals surface area (Å²) in [5.41, 5.74) is 2.44. The molecule has 18 heavy (non-hydrogen) atoms. The van der Waals surface area contributed by atoms with Crippen LogP contribution in [0.2, 0.25) is 0 Å². The molecule has 0 N–H and O–H groups in total. The van der Waals surface area contributed by atoms with E-state index in [9.17, 15) is 9.18 Å². The van der Waals surface area contributed by atoms with Gasteiger partial charge in [-0.2, -0.15) is 0 Å². The Kier molecular flexibility index (Phi) is 3.72. The lowest BCUT2D eigenvalue weighted by molar-refractivity contribution is 0.112. The summed E-state index contributed by atoms with van der Waals surface area (Å²) in [5.74, 6) is -0.368. The zero-order valence-corrected chi connectivity index (χ0v) is 10.0. The fourth-order valence-electron chi connectivity index (χ4n) is 1.55. The van der Waals surface area contributed by atoms with Gasteiger partial charge in [-0.1, -0.05) is 29.8 Å². The molecule has 0 saturated carbocycles. The van der Waals surface area contributed by atoms with Crippen molar-refractivity contribution in [2.75, 3.05) is 0 Å². The quantitative estimate of drug-likeness (QED) is 0.769. The van der Waals surface area contributed by atoms with Crippen molar-refractivity contribution in [3.8, 4) is 5.75 Å². The van der Waals surface area contributed by atoms with E-state index in [1.54, 1.807) is 0 Å². The van der Waals surface area contributed by atoms with Crippen molar-refractivity contribution in [2.45, 2.75) is 13.5 Å².